The van der Waals surface area contributed by atoms with Gasteiger partial charge in [0.15, 0.2) is 0 Å². The molecule has 7 heteroatoms. The van der Waals surface area contributed by atoms with Crippen LogP contribution in [0.3, 0.4) is 0 Å². The normalized spacial score (nSPS) is 10.3. The zero-order valence-electron chi connectivity index (χ0n) is 11.7. The van der Waals surface area contributed by atoms with Crippen molar-refractivity contribution >= 4 is 17.7 Å². The average Bonchev–Trinajstić information content (AvgIpc) is 2.34. The molecule has 0 bridgehead atoms. The van der Waals surface area contributed by atoms with Gasteiger partial charge in [-0.1, -0.05) is 13.8 Å². The lowest BCUT2D eigenvalue weighted by molar-refractivity contribution is 0.249. The van der Waals surface area contributed by atoms with Crippen LogP contribution in [0.25, 0.3) is 0 Å². The lowest BCUT2D eigenvalue weighted by atomic mass is 10.2. The highest BCUT2D eigenvalue weighted by molar-refractivity contribution is 5.71. The minimum absolute atomic E-state index is 0.253. The van der Waals surface area contributed by atoms with Gasteiger partial charge in [0, 0.05) is 31.6 Å². The summed E-state index contributed by atoms with van der Waals surface area (Å²) < 4.78 is 0. The van der Waals surface area contributed by atoms with Crippen LogP contribution in [0.15, 0.2) is 6.07 Å². The highest BCUT2D eigenvalue weighted by Gasteiger charge is 2.07. The van der Waals surface area contributed by atoms with Gasteiger partial charge in [-0.2, -0.15) is 0 Å². The number of nitrogens with two attached hydrogens (primary N) is 1. The van der Waals surface area contributed by atoms with Crippen LogP contribution in [0.1, 0.15) is 32.5 Å². The highest BCUT2D eigenvalue weighted by atomic mass is 16.2. The maximum atomic E-state index is 10.5. The zero-order valence-corrected chi connectivity index (χ0v) is 11.7. The molecule has 0 unspecified atom stereocenters. The van der Waals surface area contributed by atoms with Gasteiger partial charge in [-0.05, 0) is 6.92 Å². The summed E-state index contributed by atoms with van der Waals surface area (Å²) in [6.45, 7) is 7.92. The fourth-order valence-corrected chi connectivity index (χ4v) is 1.46. The molecular weight excluding hydrogens is 244 g/mol. The van der Waals surface area contributed by atoms with Crippen LogP contribution in [-0.2, 0) is 0 Å². The molecule has 1 heterocycles. The Kier molecular flexibility index (Phi) is 5.84. The summed E-state index contributed by atoms with van der Waals surface area (Å²) in [5, 5.41) is 8.81. The number of urea groups is 1. The number of amides is 2. The Morgan fingerprint density at radius 3 is 2.42 bits per heavy atom. The molecule has 0 aliphatic heterocycles. The monoisotopic (exact) mass is 266 g/mol. The number of hydrogen-bond donors (Lipinski definition) is 4. The number of nitrogens with one attached hydrogen (secondary N) is 3. The van der Waals surface area contributed by atoms with Crippen LogP contribution in [0.2, 0.25) is 0 Å². The van der Waals surface area contributed by atoms with Crippen molar-refractivity contribution in [3.8, 4) is 0 Å². The first-order valence-electron chi connectivity index (χ1n) is 6.43. The van der Waals surface area contributed by atoms with E-state index >= 15 is 0 Å². The predicted octanol–water partition coefficient (Wildman–Crippen LogP) is 1.11. The van der Waals surface area contributed by atoms with Gasteiger partial charge >= 0.3 is 6.03 Å². The summed E-state index contributed by atoms with van der Waals surface area (Å²) in [7, 11) is 0. The molecule has 0 fully saturated rings. The number of hydrogen-bond acceptors (Lipinski definition) is 5. The van der Waals surface area contributed by atoms with Crippen LogP contribution in [0, 0.1) is 0 Å². The van der Waals surface area contributed by atoms with E-state index in [1.807, 2.05) is 26.8 Å². The summed E-state index contributed by atoms with van der Waals surface area (Å²) in [5.74, 6) is 2.57. The van der Waals surface area contributed by atoms with E-state index in [9.17, 15) is 4.79 Å². The van der Waals surface area contributed by atoms with Crippen molar-refractivity contribution in [1.82, 2.24) is 15.3 Å². The predicted molar refractivity (Wildman–Crippen MR) is 76.4 cm³/mol. The van der Waals surface area contributed by atoms with Crippen molar-refractivity contribution in [3.05, 3.63) is 11.9 Å². The molecule has 0 saturated heterocycles. The number of anilines is 2. The van der Waals surface area contributed by atoms with E-state index in [2.05, 4.69) is 25.9 Å². The minimum atomic E-state index is -0.527. The van der Waals surface area contributed by atoms with E-state index in [0.717, 1.165) is 24.0 Å². The van der Waals surface area contributed by atoms with Crippen LogP contribution in [0.5, 0.6) is 0 Å². The zero-order chi connectivity index (χ0) is 14.3. The van der Waals surface area contributed by atoms with Gasteiger partial charge in [-0.15, -0.1) is 0 Å². The smallest absolute Gasteiger partial charge is 0.312 e. The summed E-state index contributed by atoms with van der Waals surface area (Å²) in [6, 6.07) is 1.32. The minimum Gasteiger partial charge on any atom is -0.370 e. The number of aromatic nitrogens is 2. The third-order valence-electron chi connectivity index (χ3n) is 2.35. The number of carbonyl (C=O) groups is 1. The van der Waals surface area contributed by atoms with Crippen molar-refractivity contribution < 1.29 is 4.79 Å². The lowest BCUT2D eigenvalue weighted by Crippen LogP contribution is -2.33. The van der Waals surface area contributed by atoms with Crippen molar-refractivity contribution in [2.75, 3.05) is 30.3 Å². The van der Waals surface area contributed by atoms with E-state index in [1.165, 1.54) is 0 Å². The van der Waals surface area contributed by atoms with Crippen LogP contribution < -0.4 is 21.7 Å². The Hall–Kier alpha value is -2.05. The fourth-order valence-electron chi connectivity index (χ4n) is 1.46. The van der Waals surface area contributed by atoms with Gasteiger partial charge in [0.25, 0.3) is 0 Å². The molecule has 0 spiro atoms. The second-order valence-corrected chi connectivity index (χ2v) is 4.40. The molecule has 0 radical (unpaired) electrons. The van der Waals surface area contributed by atoms with Crippen LogP contribution in [-0.4, -0.2) is 35.6 Å². The van der Waals surface area contributed by atoms with E-state index < -0.39 is 6.03 Å². The molecule has 2 amide bonds. The standard InChI is InChI=1S/C12H22N6O/c1-4-14-9-7-10(15-5-6-16-12(13)19)18-11(17-9)8(2)3/h7-8H,4-6H2,1-3H3,(H3,13,16,19)(H2,14,15,17,18). The molecule has 0 aromatic carbocycles. The molecule has 19 heavy (non-hydrogen) atoms. The second-order valence-electron chi connectivity index (χ2n) is 4.40. The molecular formula is C12H22N6O. The Labute approximate surface area is 113 Å². The van der Waals surface area contributed by atoms with E-state index in [0.29, 0.717) is 13.1 Å². The average molecular weight is 266 g/mol. The third-order valence-corrected chi connectivity index (χ3v) is 2.35. The maximum Gasteiger partial charge on any atom is 0.312 e. The molecule has 1 rings (SSSR count). The largest absolute Gasteiger partial charge is 0.370 e. The summed E-state index contributed by atoms with van der Waals surface area (Å²) in [6.07, 6.45) is 0. The number of rotatable bonds is 7. The summed E-state index contributed by atoms with van der Waals surface area (Å²) >= 11 is 0. The fraction of sp³-hybridized carbons (Fsp3) is 0.583. The molecule has 1 aromatic rings. The molecule has 1 aromatic heterocycles. The van der Waals surface area contributed by atoms with Gasteiger partial charge in [-0.3, -0.25) is 0 Å². The van der Waals surface area contributed by atoms with E-state index in [-0.39, 0.29) is 5.92 Å². The van der Waals surface area contributed by atoms with Gasteiger partial charge in [0.05, 0.1) is 0 Å². The van der Waals surface area contributed by atoms with Gasteiger partial charge in [0.2, 0.25) is 0 Å². The highest BCUT2D eigenvalue weighted by Crippen LogP contribution is 2.16. The second kappa shape index (κ2) is 7.40. The van der Waals surface area contributed by atoms with Crippen LogP contribution in [0.4, 0.5) is 16.4 Å². The Bertz CT molecular complexity index is 421. The lowest BCUT2D eigenvalue weighted by Gasteiger charge is -2.12. The molecule has 7 nitrogen and oxygen atoms in total. The van der Waals surface area contributed by atoms with Crippen molar-refractivity contribution in [3.63, 3.8) is 0 Å². The first-order valence-corrected chi connectivity index (χ1v) is 6.43. The Balaban J connectivity index is 2.67. The SMILES string of the molecule is CCNc1cc(NCCNC(N)=O)nc(C(C)C)n1. The summed E-state index contributed by atoms with van der Waals surface area (Å²) in [4.78, 5) is 19.4. The van der Waals surface area contributed by atoms with Crippen LogP contribution >= 0.6 is 0 Å². The molecule has 0 aliphatic rings. The van der Waals surface area contributed by atoms with E-state index in [1.54, 1.807) is 0 Å². The number of nitrogens with zero attached hydrogens (tertiary/aromatic N) is 2. The molecule has 106 valence electrons. The molecule has 0 atom stereocenters. The van der Waals surface area contributed by atoms with Gasteiger partial charge in [-0.25, -0.2) is 14.8 Å². The van der Waals surface area contributed by atoms with Crippen molar-refractivity contribution in [2.45, 2.75) is 26.7 Å². The maximum absolute atomic E-state index is 10.5. The molecule has 5 N–H and O–H groups in total. The first-order chi connectivity index (χ1) is 9.02. The third kappa shape index (κ3) is 5.41. The first kappa shape index (κ1) is 15.0. The number of primary amides is 1. The van der Waals surface area contributed by atoms with Gasteiger partial charge < -0.3 is 21.7 Å². The molecule has 0 aliphatic carbocycles. The topological polar surface area (TPSA) is 105 Å². The Morgan fingerprint density at radius 2 is 1.89 bits per heavy atom. The summed E-state index contributed by atoms with van der Waals surface area (Å²) in [5.41, 5.74) is 4.99. The van der Waals surface area contributed by atoms with Crippen molar-refractivity contribution in [1.29, 1.82) is 0 Å². The Morgan fingerprint density at radius 1 is 1.26 bits per heavy atom. The van der Waals surface area contributed by atoms with Gasteiger partial charge in [0.1, 0.15) is 17.5 Å². The van der Waals surface area contributed by atoms with E-state index in [4.69, 9.17) is 5.73 Å². The molecule has 0 saturated carbocycles. The van der Waals surface area contributed by atoms with Crippen molar-refractivity contribution in [2.24, 2.45) is 5.73 Å². The number of carbonyl (C=O) groups excluding carboxylic acids is 1. The quantitative estimate of drug-likeness (QED) is 0.553.